The van der Waals surface area contributed by atoms with Crippen molar-refractivity contribution in [3.8, 4) is 0 Å². The highest BCUT2D eigenvalue weighted by molar-refractivity contribution is 5.75. The van der Waals surface area contributed by atoms with E-state index < -0.39 is 0 Å². The van der Waals surface area contributed by atoms with Gasteiger partial charge in [-0.2, -0.15) is 0 Å². The van der Waals surface area contributed by atoms with E-state index in [1.807, 2.05) is 11.9 Å². The zero-order valence-electron chi connectivity index (χ0n) is 13.4. The van der Waals surface area contributed by atoms with E-state index in [9.17, 15) is 4.79 Å². The van der Waals surface area contributed by atoms with E-state index in [2.05, 4.69) is 20.4 Å². The average Bonchev–Trinajstić information content (AvgIpc) is 3.06. The van der Waals surface area contributed by atoms with Gasteiger partial charge in [-0.25, -0.2) is 4.68 Å². The molecule has 0 spiro atoms. The molecule has 2 aliphatic heterocycles. The number of aryl methyl sites for hydroxylation is 1. The Morgan fingerprint density at radius 2 is 2.14 bits per heavy atom. The molecule has 0 bridgehead atoms. The molecule has 2 fully saturated rings. The highest BCUT2D eigenvalue weighted by Crippen LogP contribution is 2.31. The fourth-order valence-electron chi connectivity index (χ4n) is 3.93. The molecular weight excluding hydrogens is 280 g/mol. The van der Waals surface area contributed by atoms with Gasteiger partial charge in [0.1, 0.15) is 6.33 Å². The van der Waals surface area contributed by atoms with E-state index in [1.165, 1.54) is 45.2 Å². The first kappa shape index (κ1) is 15.4. The molecule has 7 heteroatoms. The summed E-state index contributed by atoms with van der Waals surface area (Å²) in [4.78, 5) is 16.9. The van der Waals surface area contributed by atoms with Crippen LogP contribution in [0.25, 0.3) is 0 Å². The van der Waals surface area contributed by atoms with E-state index in [1.54, 1.807) is 11.0 Å². The summed E-state index contributed by atoms with van der Waals surface area (Å²) in [5.74, 6) is 0.819. The van der Waals surface area contributed by atoms with E-state index in [0.717, 1.165) is 6.54 Å². The number of fused-ring (bicyclic) bond motifs is 1. The topological polar surface area (TPSA) is 67.2 Å². The first-order valence-corrected chi connectivity index (χ1v) is 8.43. The van der Waals surface area contributed by atoms with Crippen molar-refractivity contribution in [1.82, 2.24) is 30.0 Å². The standard InChI is InChI=1S/C15H26N6O/c1-19(15(22)7-10-21-12-16-17-18-21)11-13-5-4-9-20-8-3-2-6-14(13)20/h12-14H,2-11H2,1H3/t13-,14+/m1/s1. The van der Waals surface area contributed by atoms with Gasteiger partial charge in [-0.15, -0.1) is 5.10 Å². The SMILES string of the molecule is CN(C[C@H]1CCCN2CCCC[C@@H]12)C(=O)CCn1cnnn1. The lowest BCUT2D eigenvalue weighted by atomic mass is 9.83. The average molecular weight is 306 g/mol. The minimum absolute atomic E-state index is 0.184. The number of tetrazole rings is 1. The zero-order chi connectivity index (χ0) is 15.4. The minimum atomic E-state index is 0.184. The molecule has 3 rings (SSSR count). The number of piperidine rings is 2. The molecule has 0 N–H and O–H groups in total. The quantitative estimate of drug-likeness (QED) is 0.804. The first-order chi connectivity index (χ1) is 10.7. The smallest absolute Gasteiger partial charge is 0.224 e. The molecule has 3 heterocycles. The zero-order valence-corrected chi connectivity index (χ0v) is 13.4. The fourth-order valence-corrected chi connectivity index (χ4v) is 3.93. The van der Waals surface area contributed by atoms with Crippen molar-refractivity contribution in [3.63, 3.8) is 0 Å². The number of carbonyl (C=O) groups is 1. The van der Waals surface area contributed by atoms with Crippen molar-refractivity contribution in [2.75, 3.05) is 26.7 Å². The predicted octanol–water partition coefficient (Wildman–Crippen LogP) is 0.786. The summed E-state index contributed by atoms with van der Waals surface area (Å²) in [5.41, 5.74) is 0. The maximum absolute atomic E-state index is 12.3. The van der Waals surface area contributed by atoms with Crippen LogP contribution in [0, 0.1) is 5.92 Å². The highest BCUT2D eigenvalue weighted by atomic mass is 16.2. The minimum Gasteiger partial charge on any atom is -0.345 e. The summed E-state index contributed by atoms with van der Waals surface area (Å²) < 4.78 is 1.61. The van der Waals surface area contributed by atoms with Gasteiger partial charge >= 0.3 is 0 Å². The second-order valence-electron chi connectivity index (χ2n) is 6.60. The number of aromatic nitrogens is 4. The maximum atomic E-state index is 12.3. The molecule has 0 saturated carbocycles. The second-order valence-corrected chi connectivity index (χ2v) is 6.60. The third-order valence-corrected chi connectivity index (χ3v) is 5.11. The van der Waals surface area contributed by atoms with Crippen LogP contribution in [0.3, 0.4) is 0 Å². The van der Waals surface area contributed by atoms with Crippen molar-refractivity contribution in [2.24, 2.45) is 5.92 Å². The molecule has 0 radical (unpaired) electrons. The predicted molar refractivity (Wildman–Crippen MR) is 82.0 cm³/mol. The number of amides is 1. The summed E-state index contributed by atoms with van der Waals surface area (Å²) in [6.07, 6.45) is 8.52. The van der Waals surface area contributed by atoms with E-state index in [4.69, 9.17) is 0 Å². The van der Waals surface area contributed by atoms with E-state index in [0.29, 0.717) is 24.9 Å². The molecule has 1 aromatic heterocycles. The van der Waals surface area contributed by atoms with E-state index in [-0.39, 0.29) is 5.91 Å². The summed E-state index contributed by atoms with van der Waals surface area (Å²) in [6.45, 7) is 3.93. The second kappa shape index (κ2) is 7.17. The Bertz CT molecular complexity index is 474. The van der Waals surface area contributed by atoms with Gasteiger partial charge in [-0.3, -0.25) is 4.79 Å². The monoisotopic (exact) mass is 306 g/mol. The Kier molecular flexibility index (Phi) is 5.02. The molecule has 0 unspecified atom stereocenters. The van der Waals surface area contributed by atoms with Crippen LogP contribution in [-0.2, 0) is 11.3 Å². The Morgan fingerprint density at radius 3 is 2.95 bits per heavy atom. The Hall–Kier alpha value is -1.50. The van der Waals surface area contributed by atoms with E-state index >= 15 is 0 Å². The normalized spacial score (nSPS) is 25.7. The van der Waals surface area contributed by atoms with Crippen LogP contribution >= 0.6 is 0 Å². The molecule has 2 aliphatic rings. The molecule has 0 aliphatic carbocycles. The van der Waals surface area contributed by atoms with Gasteiger partial charge in [0.05, 0.1) is 6.54 Å². The third-order valence-electron chi connectivity index (χ3n) is 5.11. The van der Waals surface area contributed by atoms with Crippen molar-refractivity contribution in [3.05, 3.63) is 6.33 Å². The third kappa shape index (κ3) is 3.63. The molecule has 122 valence electrons. The number of rotatable bonds is 5. The van der Waals surface area contributed by atoms with Crippen LogP contribution in [0.4, 0.5) is 0 Å². The summed E-state index contributed by atoms with van der Waals surface area (Å²) >= 11 is 0. The number of nitrogens with zero attached hydrogens (tertiary/aromatic N) is 6. The van der Waals surface area contributed by atoms with Crippen LogP contribution in [0.5, 0.6) is 0 Å². The largest absolute Gasteiger partial charge is 0.345 e. The van der Waals surface area contributed by atoms with Gasteiger partial charge in [-0.05, 0) is 55.1 Å². The van der Waals surface area contributed by atoms with Gasteiger partial charge in [0.15, 0.2) is 0 Å². The van der Waals surface area contributed by atoms with Crippen molar-refractivity contribution >= 4 is 5.91 Å². The molecule has 1 amide bonds. The fraction of sp³-hybridized carbons (Fsp3) is 0.867. The van der Waals surface area contributed by atoms with Crippen molar-refractivity contribution < 1.29 is 4.79 Å². The van der Waals surface area contributed by atoms with Crippen molar-refractivity contribution in [2.45, 2.75) is 51.1 Å². The van der Waals surface area contributed by atoms with Crippen LogP contribution < -0.4 is 0 Å². The number of hydrogen-bond donors (Lipinski definition) is 0. The van der Waals surface area contributed by atoms with Crippen LogP contribution in [0.15, 0.2) is 6.33 Å². The molecule has 7 nitrogen and oxygen atoms in total. The molecule has 2 atom stereocenters. The summed E-state index contributed by atoms with van der Waals surface area (Å²) in [6, 6.07) is 0.692. The molecular formula is C15H26N6O. The Balaban J connectivity index is 1.49. The van der Waals surface area contributed by atoms with Gasteiger partial charge in [-0.1, -0.05) is 6.42 Å². The molecule has 22 heavy (non-hydrogen) atoms. The Labute approximate surface area is 131 Å². The van der Waals surface area contributed by atoms with Gasteiger partial charge in [0.2, 0.25) is 5.91 Å². The molecule has 0 aromatic carbocycles. The van der Waals surface area contributed by atoms with Crippen LogP contribution in [-0.4, -0.2) is 68.6 Å². The lowest BCUT2D eigenvalue weighted by molar-refractivity contribution is -0.131. The van der Waals surface area contributed by atoms with Gasteiger partial charge in [0, 0.05) is 26.1 Å². The highest BCUT2D eigenvalue weighted by Gasteiger charge is 2.33. The van der Waals surface area contributed by atoms with Crippen LogP contribution in [0.2, 0.25) is 0 Å². The maximum Gasteiger partial charge on any atom is 0.224 e. The molecule has 2 saturated heterocycles. The summed E-state index contributed by atoms with van der Waals surface area (Å²) in [7, 11) is 1.93. The Morgan fingerprint density at radius 1 is 1.27 bits per heavy atom. The van der Waals surface area contributed by atoms with Gasteiger partial charge < -0.3 is 9.80 Å². The number of carbonyl (C=O) groups excluding carboxylic acids is 1. The van der Waals surface area contributed by atoms with Gasteiger partial charge in [0.25, 0.3) is 0 Å². The lowest BCUT2D eigenvalue weighted by Crippen LogP contribution is -2.51. The van der Waals surface area contributed by atoms with Crippen molar-refractivity contribution in [1.29, 1.82) is 0 Å². The lowest BCUT2D eigenvalue weighted by Gasteiger charge is -2.45. The first-order valence-electron chi connectivity index (χ1n) is 8.43. The summed E-state index contributed by atoms with van der Waals surface area (Å²) in [5, 5.41) is 11.0. The molecule has 1 aromatic rings. The van der Waals surface area contributed by atoms with Crippen LogP contribution in [0.1, 0.15) is 38.5 Å². The number of hydrogen-bond acceptors (Lipinski definition) is 5.